The van der Waals surface area contributed by atoms with Crippen LogP contribution >= 0.6 is 0 Å². The molecule has 30 heavy (non-hydrogen) atoms. The third kappa shape index (κ3) is 5.16. The van der Waals surface area contributed by atoms with Crippen LogP contribution in [0.3, 0.4) is 0 Å². The number of hydrogen-bond donors (Lipinski definition) is 2. The molecule has 0 bridgehead atoms. The zero-order valence-corrected chi connectivity index (χ0v) is 16.8. The van der Waals surface area contributed by atoms with E-state index in [9.17, 15) is 14.0 Å². The van der Waals surface area contributed by atoms with Gasteiger partial charge in [0.05, 0.1) is 11.3 Å². The Bertz CT molecular complexity index is 908. The first-order chi connectivity index (χ1) is 14.6. The number of para-hydroxylation sites is 2. The van der Waals surface area contributed by atoms with Crippen LogP contribution in [0.5, 0.6) is 5.75 Å². The van der Waals surface area contributed by atoms with E-state index >= 15 is 0 Å². The highest BCUT2D eigenvalue weighted by molar-refractivity contribution is 5.97. The molecule has 2 fully saturated rings. The first kappa shape index (κ1) is 20.3. The van der Waals surface area contributed by atoms with Gasteiger partial charge in [-0.2, -0.15) is 0 Å². The Morgan fingerprint density at radius 2 is 1.70 bits per heavy atom. The summed E-state index contributed by atoms with van der Waals surface area (Å²) >= 11 is 0. The predicted molar refractivity (Wildman–Crippen MR) is 112 cm³/mol. The van der Waals surface area contributed by atoms with E-state index in [-0.39, 0.29) is 24.2 Å². The Morgan fingerprint density at radius 1 is 1.00 bits per heavy atom. The van der Waals surface area contributed by atoms with Crippen molar-refractivity contribution < 1.29 is 18.7 Å². The van der Waals surface area contributed by atoms with Crippen molar-refractivity contribution in [2.75, 3.05) is 25.0 Å². The average Bonchev–Trinajstić information content (AvgIpc) is 3.60. The van der Waals surface area contributed by atoms with Crippen molar-refractivity contribution in [1.82, 2.24) is 10.2 Å². The number of amides is 2. The second-order valence-electron chi connectivity index (χ2n) is 7.83. The van der Waals surface area contributed by atoms with E-state index in [2.05, 4.69) is 15.5 Å². The lowest BCUT2D eigenvalue weighted by atomic mass is 10.0. The Kier molecular flexibility index (Phi) is 6.28. The van der Waals surface area contributed by atoms with Gasteiger partial charge in [-0.1, -0.05) is 24.3 Å². The molecule has 158 valence electrons. The number of hydrogen-bond acceptors (Lipinski definition) is 4. The van der Waals surface area contributed by atoms with E-state index in [1.807, 2.05) is 0 Å². The number of piperidine rings is 1. The molecule has 1 aliphatic heterocycles. The van der Waals surface area contributed by atoms with Gasteiger partial charge in [-0.3, -0.25) is 9.59 Å². The van der Waals surface area contributed by atoms with E-state index in [0.717, 1.165) is 32.0 Å². The number of halogens is 1. The number of carbonyl (C=O) groups excluding carboxylic acids is 2. The fourth-order valence-electron chi connectivity index (χ4n) is 3.78. The molecule has 4 rings (SSSR count). The highest BCUT2D eigenvalue weighted by Crippen LogP contribution is 2.29. The van der Waals surface area contributed by atoms with Gasteiger partial charge >= 0.3 is 0 Å². The minimum atomic E-state index is -0.515. The maximum atomic E-state index is 13.7. The lowest BCUT2D eigenvalue weighted by Gasteiger charge is -2.32. The van der Waals surface area contributed by atoms with Crippen molar-refractivity contribution in [3.8, 4) is 5.75 Å². The summed E-state index contributed by atoms with van der Waals surface area (Å²) < 4.78 is 19.2. The van der Waals surface area contributed by atoms with Crippen LogP contribution in [0.15, 0.2) is 48.5 Å². The number of nitrogens with one attached hydrogen (secondary N) is 2. The molecule has 2 aromatic carbocycles. The summed E-state index contributed by atoms with van der Waals surface area (Å²) in [5, 5.41) is 5.56. The molecule has 2 aliphatic rings. The third-order valence-corrected chi connectivity index (χ3v) is 5.57. The molecule has 1 aliphatic carbocycles. The minimum Gasteiger partial charge on any atom is -0.483 e. The Hall–Kier alpha value is -2.93. The summed E-state index contributed by atoms with van der Waals surface area (Å²) in [5.41, 5.74) is 0.482. The van der Waals surface area contributed by atoms with Gasteiger partial charge in [0.15, 0.2) is 6.61 Å². The van der Waals surface area contributed by atoms with Gasteiger partial charge in [0.2, 0.25) is 0 Å². The molecule has 0 unspecified atom stereocenters. The fraction of sp³-hybridized carbons (Fsp3) is 0.391. The first-order valence-electron chi connectivity index (χ1n) is 10.4. The normalized spacial score (nSPS) is 17.4. The number of likely N-dealkylation sites (tertiary alicyclic amines) is 1. The largest absolute Gasteiger partial charge is 0.483 e. The van der Waals surface area contributed by atoms with Crippen molar-refractivity contribution >= 4 is 17.5 Å². The lowest BCUT2D eigenvalue weighted by molar-refractivity contribution is -0.118. The molecule has 1 saturated carbocycles. The first-order valence-corrected chi connectivity index (χ1v) is 10.4. The van der Waals surface area contributed by atoms with Crippen LogP contribution in [0.25, 0.3) is 0 Å². The van der Waals surface area contributed by atoms with E-state index < -0.39 is 11.7 Å². The average molecular weight is 411 g/mol. The molecule has 1 saturated heterocycles. The standard InChI is InChI=1S/C23H26FN3O3/c24-19-6-2-3-7-20(19)26-22(28)15-30-21-8-4-1-5-18(21)23(29)25-16-11-13-27(14-12-16)17-9-10-17/h1-8,16-17H,9-15H2,(H,25,29)(H,26,28). The monoisotopic (exact) mass is 411 g/mol. The van der Waals surface area contributed by atoms with Crippen LogP contribution in [0, 0.1) is 5.82 Å². The Morgan fingerprint density at radius 3 is 2.43 bits per heavy atom. The number of rotatable bonds is 7. The molecule has 0 aromatic heterocycles. The van der Waals surface area contributed by atoms with Crippen molar-refractivity contribution in [2.45, 2.75) is 37.8 Å². The fourth-order valence-corrected chi connectivity index (χ4v) is 3.78. The molecule has 7 heteroatoms. The van der Waals surface area contributed by atoms with Gasteiger partial charge in [0.1, 0.15) is 11.6 Å². The van der Waals surface area contributed by atoms with E-state index in [1.54, 1.807) is 36.4 Å². The van der Waals surface area contributed by atoms with Gasteiger partial charge in [-0.25, -0.2) is 4.39 Å². The molecule has 2 N–H and O–H groups in total. The van der Waals surface area contributed by atoms with E-state index in [4.69, 9.17) is 4.74 Å². The maximum Gasteiger partial charge on any atom is 0.262 e. The minimum absolute atomic E-state index is 0.0923. The Labute approximate surface area is 175 Å². The van der Waals surface area contributed by atoms with E-state index in [0.29, 0.717) is 11.3 Å². The number of benzene rings is 2. The van der Waals surface area contributed by atoms with Gasteiger partial charge < -0.3 is 20.3 Å². The lowest BCUT2D eigenvalue weighted by Crippen LogP contribution is -2.45. The molecule has 0 radical (unpaired) electrons. The van der Waals surface area contributed by atoms with Gasteiger partial charge in [-0.05, 0) is 49.9 Å². The van der Waals surface area contributed by atoms with Crippen molar-refractivity contribution in [2.24, 2.45) is 0 Å². The third-order valence-electron chi connectivity index (χ3n) is 5.57. The highest BCUT2D eigenvalue weighted by Gasteiger charge is 2.32. The number of nitrogens with zero attached hydrogens (tertiary/aromatic N) is 1. The number of carbonyl (C=O) groups is 2. The summed E-state index contributed by atoms with van der Waals surface area (Å²) in [6.45, 7) is 1.71. The molecule has 0 atom stereocenters. The molecular weight excluding hydrogens is 385 g/mol. The number of anilines is 1. The van der Waals surface area contributed by atoms with Crippen molar-refractivity contribution in [1.29, 1.82) is 0 Å². The topological polar surface area (TPSA) is 70.7 Å². The molecule has 1 heterocycles. The molecule has 2 amide bonds. The zero-order valence-electron chi connectivity index (χ0n) is 16.8. The van der Waals surface area contributed by atoms with Crippen molar-refractivity contribution in [3.63, 3.8) is 0 Å². The van der Waals surface area contributed by atoms with Crippen LogP contribution in [-0.2, 0) is 4.79 Å². The second-order valence-corrected chi connectivity index (χ2v) is 7.83. The summed E-state index contributed by atoms with van der Waals surface area (Å²) in [6, 6.07) is 13.7. The summed E-state index contributed by atoms with van der Waals surface area (Å²) in [7, 11) is 0. The van der Waals surface area contributed by atoms with Gasteiger partial charge in [-0.15, -0.1) is 0 Å². The van der Waals surface area contributed by atoms with Crippen LogP contribution in [-0.4, -0.2) is 48.5 Å². The highest BCUT2D eigenvalue weighted by atomic mass is 19.1. The SMILES string of the molecule is O=C(COc1ccccc1C(=O)NC1CCN(C2CC2)CC1)Nc1ccccc1F. The maximum absolute atomic E-state index is 13.7. The van der Waals surface area contributed by atoms with Crippen molar-refractivity contribution in [3.05, 3.63) is 59.9 Å². The molecular formula is C23H26FN3O3. The van der Waals surface area contributed by atoms with Crippen LogP contribution in [0.1, 0.15) is 36.0 Å². The summed E-state index contributed by atoms with van der Waals surface area (Å²) in [5.74, 6) is -0.889. The molecule has 2 aromatic rings. The van der Waals surface area contributed by atoms with Crippen LogP contribution in [0.2, 0.25) is 0 Å². The van der Waals surface area contributed by atoms with Gasteiger partial charge in [0, 0.05) is 25.2 Å². The van der Waals surface area contributed by atoms with Gasteiger partial charge in [0.25, 0.3) is 11.8 Å². The van der Waals surface area contributed by atoms with Crippen LogP contribution in [0.4, 0.5) is 10.1 Å². The molecule has 0 spiro atoms. The number of ether oxygens (including phenoxy) is 1. The summed E-state index contributed by atoms with van der Waals surface area (Å²) in [6.07, 6.45) is 4.48. The summed E-state index contributed by atoms with van der Waals surface area (Å²) in [4.78, 5) is 27.4. The smallest absolute Gasteiger partial charge is 0.262 e. The second kappa shape index (κ2) is 9.26. The van der Waals surface area contributed by atoms with E-state index in [1.165, 1.54) is 25.0 Å². The predicted octanol–water partition coefficient (Wildman–Crippen LogP) is 3.20. The zero-order chi connectivity index (χ0) is 20.9. The quantitative estimate of drug-likeness (QED) is 0.734. The van der Waals surface area contributed by atoms with Crippen LogP contribution < -0.4 is 15.4 Å². The molecule has 6 nitrogen and oxygen atoms in total. The Balaban J connectivity index is 1.31.